The van der Waals surface area contributed by atoms with Crippen molar-refractivity contribution in [2.75, 3.05) is 38.2 Å². The molecule has 1 saturated heterocycles. The molecule has 0 bridgehead atoms. The molecule has 5 rings (SSSR count). The van der Waals surface area contributed by atoms with Crippen molar-refractivity contribution in [2.45, 2.75) is 19.0 Å². The Morgan fingerprint density at radius 3 is 2.29 bits per heavy atom. The third-order valence-electron chi connectivity index (χ3n) is 6.56. The Hall–Kier alpha value is -3.78. The molecule has 1 aliphatic rings. The fourth-order valence-corrected chi connectivity index (χ4v) is 4.65. The summed E-state index contributed by atoms with van der Waals surface area (Å²) in [5.74, 6) is 1.44. The van der Waals surface area contributed by atoms with Crippen molar-refractivity contribution < 1.29 is 9.13 Å². The molecule has 0 saturated carbocycles. The average molecular weight is 473 g/mol. The maximum absolute atomic E-state index is 13.4. The molecule has 0 aliphatic carbocycles. The smallest absolute Gasteiger partial charge is 0.173 e. The van der Waals surface area contributed by atoms with E-state index in [4.69, 9.17) is 4.74 Å². The highest BCUT2D eigenvalue weighted by Crippen LogP contribution is 2.30. The molecule has 180 valence electrons. The second kappa shape index (κ2) is 10.7. The maximum Gasteiger partial charge on any atom is 0.173 e. The number of rotatable bonds is 8. The Morgan fingerprint density at radius 2 is 1.60 bits per heavy atom. The third-order valence-corrected chi connectivity index (χ3v) is 6.56. The van der Waals surface area contributed by atoms with Crippen LogP contribution < -0.4 is 9.64 Å². The van der Waals surface area contributed by atoms with E-state index in [1.54, 1.807) is 7.11 Å². The number of halogens is 1. The van der Waals surface area contributed by atoms with E-state index in [0.29, 0.717) is 6.54 Å². The van der Waals surface area contributed by atoms with E-state index in [1.807, 2.05) is 35.0 Å². The number of benzene rings is 3. The van der Waals surface area contributed by atoms with Crippen molar-refractivity contribution >= 4 is 5.69 Å². The molecule has 1 fully saturated rings. The normalized spacial score (nSPS) is 15.2. The lowest BCUT2D eigenvalue weighted by molar-refractivity contribution is 0.200. The van der Waals surface area contributed by atoms with Gasteiger partial charge in [0.25, 0.3) is 0 Å². The Morgan fingerprint density at radius 1 is 0.886 bits per heavy atom. The van der Waals surface area contributed by atoms with Crippen LogP contribution in [0.15, 0.2) is 78.9 Å². The molecule has 1 aromatic heterocycles. The Bertz CT molecular complexity index is 1200. The summed E-state index contributed by atoms with van der Waals surface area (Å²) in [7, 11) is 1.67. The molecule has 35 heavy (non-hydrogen) atoms. The van der Waals surface area contributed by atoms with Crippen molar-refractivity contribution in [1.29, 1.82) is 0 Å². The first-order valence-electron chi connectivity index (χ1n) is 11.9. The Labute approximate surface area is 204 Å². The van der Waals surface area contributed by atoms with E-state index in [-0.39, 0.29) is 11.9 Å². The molecule has 0 unspecified atom stereocenters. The monoisotopic (exact) mass is 472 g/mol. The predicted molar refractivity (Wildman–Crippen MR) is 133 cm³/mol. The predicted octanol–water partition coefficient (Wildman–Crippen LogP) is 3.98. The zero-order valence-electron chi connectivity index (χ0n) is 19.8. The van der Waals surface area contributed by atoms with Crippen LogP contribution in [0.5, 0.6) is 5.75 Å². The van der Waals surface area contributed by atoms with E-state index in [1.165, 1.54) is 17.7 Å². The third kappa shape index (κ3) is 5.33. The van der Waals surface area contributed by atoms with Gasteiger partial charge in [-0.15, -0.1) is 5.10 Å². The van der Waals surface area contributed by atoms with Gasteiger partial charge in [-0.3, -0.25) is 4.90 Å². The van der Waals surface area contributed by atoms with Crippen LogP contribution in [0.2, 0.25) is 0 Å². The molecule has 0 amide bonds. The minimum Gasteiger partial charge on any atom is -0.497 e. The van der Waals surface area contributed by atoms with Crippen molar-refractivity contribution in [3.8, 4) is 5.75 Å². The van der Waals surface area contributed by atoms with Gasteiger partial charge in [-0.05, 0) is 64.4 Å². The summed E-state index contributed by atoms with van der Waals surface area (Å²) in [6, 6.07) is 25.2. The van der Waals surface area contributed by atoms with Gasteiger partial charge in [0.05, 0.1) is 13.2 Å². The standard InChI is InChI=1S/C27H29FN6O/c1-35-25-13-7-22(8-14-25)26(27-29-30-31-34(27)16-15-21-5-3-2-4-6-21)33-19-17-32(18-20-33)24-11-9-23(28)10-12-24/h2-14,26H,15-20H2,1H3/t26-/m0/s1. The molecule has 2 heterocycles. The van der Waals surface area contributed by atoms with Crippen LogP contribution in [0.1, 0.15) is 23.0 Å². The van der Waals surface area contributed by atoms with Crippen LogP contribution in [-0.2, 0) is 13.0 Å². The summed E-state index contributed by atoms with van der Waals surface area (Å²) in [5.41, 5.74) is 3.42. The lowest BCUT2D eigenvalue weighted by Gasteiger charge is -2.40. The topological polar surface area (TPSA) is 59.3 Å². The van der Waals surface area contributed by atoms with Gasteiger partial charge in [-0.25, -0.2) is 9.07 Å². The Kier molecular flexibility index (Phi) is 6.99. The minimum atomic E-state index is -0.214. The number of ether oxygens (including phenoxy) is 1. The van der Waals surface area contributed by atoms with Gasteiger partial charge in [0.1, 0.15) is 11.6 Å². The number of methoxy groups -OCH3 is 1. The highest BCUT2D eigenvalue weighted by Gasteiger charge is 2.30. The largest absolute Gasteiger partial charge is 0.497 e. The molecular formula is C27H29FN6O. The van der Waals surface area contributed by atoms with E-state index >= 15 is 0 Å². The van der Waals surface area contributed by atoms with Gasteiger partial charge < -0.3 is 9.64 Å². The van der Waals surface area contributed by atoms with Crippen LogP contribution in [0.3, 0.4) is 0 Å². The summed E-state index contributed by atoms with van der Waals surface area (Å²) < 4.78 is 20.7. The molecule has 1 aliphatic heterocycles. The summed E-state index contributed by atoms with van der Waals surface area (Å²) in [6.45, 7) is 4.04. The molecule has 3 aromatic carbocycles. The summed E-state index contributed by atoms with van der Waals surface area (Å²) in [5, 5.41) is 12.9. The van der Waals surface area contributed by atoms with Crippen molar-refractivity contribution in [1.82, 2.24) is 25.1 Å². The van der Waals surface area contributed by atoms with Gasteiger partial charge in [0, 0.05) is 38.4 Å². The quantitative estimate of drug-likeness (QED) is 0.387. The van der Waals surface area contributed by atoms with Gasteiger partial charge in [0.15, 0.2) is 5.82 Å². The van der Waals surface area contributed by atoms with Crippen LogP contribution in [0.25, 0.3) is 0 Å². The number of piperazine rings is 1. The van der Waals surface area contributed by atoms with E-state index in [2.05, 4.69) is 61.7 Å². The number of anilines is 1. The molecular weight excluding hydrogens is 443 g/mol. The first-order chi connectivity index (χ1) is 17.2. The zero-order chi connectivity index (χ0) is 24.0. The fourth-order valence-electron chi connectivity index (χ4n) is 4.65. The fraction of sp³-hybridized carbons (Fsp3) is 0.296. The van der Waals surface area contributed by atoms with Crippen LogP contribution >= 0.6 is 0 Å². The first kappa shape index (κ1) is 23.0. The number of aryl methyl sites for hydroxylation is 2. The van der Waals surface area contributed by atoms with E-state index in [9.17, 15) is 4.39 Å². The van der Waals surface area contributed by atoms with Gasteiger partial charge in [0.2, 0.25) is 0 Å². The number of nitrogens with zero attached hydrogens (tertiary/aromatic N) is 6. The molecule has 8 heteroatoms. The van der Waals surface area contributed by atoms with Crippen molar-refractivity contribution in [3.05, 3.63) is 102 Å². The van der Waals surface area contributed by atoms with Crippen LogP contribution in [-0.4, -0.2) is 58.4 Å². The maximum atomic E-state index is 13.4. The zero-order valence-corrected chi connectivity index (χ0v) is 19.8. The highest BCUT2D eigenvalue weighted by atomic mass is 19.1. The SMILES string of the molecule is COc1ccc([C@@H](c2nnnn2CCc2ccccc2)N2CCN(c3ccc(F)cc3)CC2)cc1. The summed E-state index contributed by atoms with van der Waals surface area (Å²) in [4.78, 5) is 4.71. The van der Waals surface area contributed by atoms with E-state index < -0.39 is 0 Å². The molecule has 7 nitrogen and oxygen atoms in total. The molecule has 0 radical (unpaired) electrons. The lowest BCUT2D eigenvalue weighted by atomic mass is 10.0. The summed E-state index contributed by atoms with van der Waals surface area (Å²) >= 11 is 0. The second-order valence-corrected chi connectivity index (χ2v) is 8.67. The molecule has 1 atom stereocenters. The lowest BCUT2D eigenvalue weighted by Crippen LogP contribution is -2.48. The van der Waals surface area contributed by atoms with Crippen molar-refractivity contribution in [3.63, 3.8) is 0 Å². The van der Waals surface area contributed by atoms with Gasteiger partial charge in [-0.1, -0.05) is 42.5 Å². The van der Waals surface area contributed by atoms with Gasteiger partial charge in [-0.2, -0.15) is 0 Å². The number of hydrogen-bond donors (Lipinski definition) is 0. The first-order valence-corrected chi connectivity index (χ1v) is 11.9. The van der Waals surface area contributed by atoms with Crippen molar-refractivity contribution in [2.24, 2.45) is 0 Å². The summed E-state index contributed by atoms with van der Waals surface area (Å²) in [6.07, 6.45) is 0.854. The minimum absolute atomic E-state index is 0.0814. The average Bonchev–Trinajstić information content (AvgIpc) is 3.37. The highest BCUT2D eigenvalue weighted by molar-refractivity contribution is 5.47. The molecule has 4 aromatic rings. The van der Waals surface area contributed by atoms with E-state index in [0.717, 1.165) is 55.4 Å². The second-order valence-electron chi connectivity index (χ2n) is 8.67. The van der Waals surface area contributed by atoms with Crippen LogP contribution in [0.4, 0.5) is 10.1 Å². The molecule has 0 N–H and O–H groups in total. The number of hydrogen-bond acceptors (Lipinski definition) is 6. The number of aromatic nitrogens is 4. The van der Waals surface area contributed by atoms with Crippen LogP contribution in [0, 0.1) is 5.82 Å². The molecule has 0 spiro atoms. The Balaban J connectivity index is 1.38. The van der Waals surface area contributed by atoms with Gasteiger partial charge >= 0.3 is 0 Å². The number of tetrazole rings is 1.